The van der Waals surface area contributed by atoms with Crippen molar-refractivity contribution >= 4 is 28.9 Å². The first kappa shape index (κ1) is 20.9. The van der Waals surface area contributed by atoms with E-state index in [4.69, 9.17) is 14.7 Å². The molecule has 1 aromatic carbocycles. The zero-order valence-electron chi connectivity index (χ0n) is 18.3. The zero-order chi connectivity index (χ0) is 21.4. The summed E-state index contributed by atoms with van der Waals surface area (Å²) >= 11 is 3.36. The Morgan fingerprint density at radius 3 is 2.65 bits per heavy atom. The molecule has 0 amide bonds. The fourth-order valence-corrected chi connectivity index (χ4v) is 6.40. The second-order valence-corrected chi connectivity index (χ2v) is 10.8. The Morgan fingerprint density at radius 2 is 2.00 bits per heavy atom. The number of aryl methyl sites for hydroxylation is 1. The van der Waals surface area contributed by atoms with E-state index in [9.17, 15) is 0 Å². The number of hydrogen-bond acceptors (Lipinski definition) is 7. The van der Waals surface area contributed by atoms with Crippen LogP contribution >= 0.6 is 23.1 Å². The summed E-state index contributed by atoms with van der Waals surface area (Å²) in [6.45, 7) is 9.38. The van der Waals surface area contributed by atoms with Crippen molar-refractivity contribution in [3.63, 3.8) is 0 Å². The molecule has 31 heavy (non-hydrogen) atoms. The van der Waals surface area contributed by atoms with E-state index >= 15 is 0 Å². The molecule has 0 unspecified atom stereocenters. The highest BCUT2D eigenvalue weighted by Crippen LogP contribution is 2.42. The molecule has 1 spiro atoms. The molecule has 5 nitrogen and oxygen atoms in total. The summed E-state index contributed by atoms with van der Waals surface area (Å²) in [5, 5.41) is 4.09. The van der Waals surface area contributed by atoms with Crippen LogP contribution in [-0.4, -0.2) is 40.8 Å². The van der Waals surface area contributed by atoms with E-state index in [1.165, 1.54) is 35.3 Å². The maximum Gasteiger partial charge on any atom is 0.147 e. The predicted octanol–water partition coefficient (Wildman–Crippen LogP) is 5.76. The standard InChI is InChI=1S/C24H28N4OS2/c1-16-14-30-23(27-16)19-5-4-6-20(18(19)3)31-22-13-25-21(12-26-22)28-9-7-24(8-10-28)11-17(2)29-15-24/h4-6,12-14,17H,7-11,15H2,1-3H3/t17-/m0/s1. The van der Waals surface area contributed by atoms with E-state index < -0.39 is 0 Å². The molecule has 0 N–H and O–H groups in total. The summed E-state index contributed by atoms with van der Waals surface area (Å²) in [6, 6.07) is 6.39. The van der Waals surface area contributed by atoms with Gasteiger partial charge in [-0.1, -0.05) is 23.9 Å². The lowest BCUT2D eigenvalue weighted by Crippen LogP contribution is -2.41. The normalized spacial score (nSPS) is 20.5. The van der Waals surface area contributed by atoms with Gasteiger partial charge in [-0.25, -0.2) is 15.0 Å². The van der Waals surface area contributed by atoms with Crippen molar-refractivity contribution in [3.8, 4) is 10.6 Å². The maximum atomic E-state index is 5.85. The van der Waals surface area contributed by atoms with E-state index in [-0.39, 0.29) is 0 Å². The minimum absolute atomic E-state index is 0.387. The lowest BCUT2D eigenvalue weighted by atomic mass is 9.77. The summed E-state index contributed by atoms with van der Waals surface area (Å²) in [5.41, 5.74) is 3.89. The molecule has 2 aliphatic heterocycles. The molecule has 2 fully saturated rings. The van der Waals surface area contributed by atoms with E-state index in [1.807, 2.05) is 19.3 Å². The van der Waals surface area contributed by atoms with Crippen molar-refractivity contribution in [1.29, 1.82) is 0 Å². The molecule has 0 aliphatic carbocycles. The summed E-state index contributed by atoms with van der Waals surface area (Å²) in [5.74, 6) is 0.981. The van der Waals surface area contributed by atoms with E-state index in [2.05, 4.69) is 47.3 Å². The van der Waals surface area contributed by atoms with Crippen LogP contribution in [-0.2, 0) is 4.74 Å². The van der Waals surface area contributed by atoms with Crippen LogP contribution in [0.3, 0.4) is 0 Å². The highest BCUT2D eigenvalue weighted by molar-refractivity contribution is 7.99. The van der Waals surface area contributed by atoms with Crippen molar-refractivity contribution < 1.29 is 4.74 Å². The largest absolute Gasteiger partial charge is 0.378 e. The van der Waals surface area contributed by atoms with Crippen molar-refractivity contribution in [2.45, 2.75) is 56.1 Å². The highest BCUT2D eigenvalue weighted by atomic mass is 32.2. The number of thiazole rings is 1. The van der Waals surface area contributed by atoms with Gasteiger partial charge in [0.05, 0.1) is 25.1 Å². The van der Waals surface area contributed by atoms with E-state index in [1.54, 1.807) is 23.1 Å². The predicted molar refractivity (Wildman–Crippen MR) is 127 cm³/mol. The van der Waals surface area contributed by atoms with Gasteiger partial charge in [0, 0.05) is 34.6 Å². The summed E-state index contributed by atoms with van der Waals surface area (Å²) in [4.78, 5) is 17.7. The lowest BCUT2D eigenvalue weighted by Gasteiger charge is -2.38. The van der Waals surface area contributed by atoms with Crippen LogP contribution in [0.15, 0.2) is 45.9 Å². The molecule has 5 rings (SSSR count). The van der Waals surface area contributed by atoms with Gasteiger partial charge in [-0.05, 0) is 57.1 Å². The molecule has 2 aromatic heterocycles. The van der Waals surface area contributed by atoms with Crippen LogP contribution in [0.4, 0.5) is 5.82 Å². The summed E-state index contributed by atoms with van der Waals surface area (Å²) in [7, 11) is 0. The Bertz CT molecular complexity index is 1060. The van der Waals surface area contributed by atoms with Crippen molar-refractivity contribution in [3.05, 3.63) is 47.2 Å². The number of nitrogens with zero attached hydrogens (tertiary/aromatic N) is 4. The first-order valence-corrected chi connectivity index (χ1v) is 12.6. The lowest BCUT2D eigenvalue weighted by molar-refractivity contribution is 0.0976. The Balaban J connectivity index is 1.26. The van der Waals surface area contributed by atoms with E-state index in [0.717, 1.165) is 41.2 Å². The molecule has 162 valence electrons. The monoisotopic (exact) mass is 452 g/mol. The Kier molecular flexibility index (Phi) is 5.75. The molecule has 2 saturated heterocycles. The fourth-order valence-electron chi connectivity index (χ4n) is 4.68. The quantitative estimate of drug-likeness (QED) is 0.501. The van der Waals surface area contributed by atoms with Gasteiger partial charge in [-0.15, -0.1) is 11.3 Å². The number of aromatic nitrogens is 3. The number of ether oxygens (including phenoxy) is 1. The minimum atomic E-state index is 0.387. The van der Waals surface area contributed by atoms with Crippen molar-refractivity contribution in [2.24, 2.45) is 5.41 Å². The molecular weight excluding hydrogens is 424 g/mol. The Labute approximate surface area is 192 Å². The van der Waals surface area contributed by atoms with Gasteiger partial charge < -0.3 is 9.64 Å². The second-order valence-electron chi connectivity index (χ2n) is 8.85. The molecule has 1 atom stereocenters. The van der Waals surface area contributed by atoms with Crippen LogP contribution in [0.25, 0.3) is 10.6 Å². The van der Waals surface area contributed by atoms with Gasteiger partial charge in [0.1, 0.15) is 15.9 Å². The Morgan fingerprint density at radius 1 is 1.16 bits per heavy atom. The number of anilines is 1. The molecule has 0 radical (unpaired) electrons. The van der Waals surface area contributed by atoms with Crippen molar-refractivity contribution in [2.75, 3.05) is 24.6 Å². The molecule has 0 saturated carbocycles. The molecule has 7 heteroatoms. The number of benzene rings is 1. The molecular formula is C24H28N4OS2. The van der Waals surface area contributed by atoms with E-state index in [0.29, 0.717) is 11.5 Å². The van der Waals surface area contributed by atoms with Crippen LogP contribution in [0.5, 0.6) is 0 Å². The van der Waals surface area contributed by atoms with Gasteiger partial charge in [0.25, 0.3) is 0 Å². The average molecular weight is 453 g/mol. The highest BCUT2D eigenvalue weighted by Gasteiger charge is 2.41. The first-order valence-electron chi connectivity index (χ1n) is 10.9. The van der Waals surface area contributed by atoms with Crippen LogP contribution < -0.4 is 4.90 Å². The molecule has 4 heterocycles. The molecule has 0 bridgehead atoms. The Hall–Kier alpha value is -1.96. The fraction of sp³-hybridized carbons (Fsp3) is 0.458. The van der Waals surface area contributed by atoms with Crippen molar-refractivity contribution in [1.82, 2.24) is 15.0 Å². The van der Waals surface area contributed by atoms with Crippen LogP contribution in [0, 0.1) is 19.3 Å². The third kappa shape index (κ3) is 4.36. The summed E-state index contributed by atoms with van der Waals surface area (Å²) in [6.07, 6.45) is 7.79. The smallest absolute Gasteiger partial charge is 0.147 e. The third-order valence-electron chi connectivity index (χ3n) is 6.51. The first-order chi connectivity index (χ1) is 15.0. The second kappa shape index (κ2) is 8.52. The number of piperidine rings is 1. The van der Waals surface area contributed by atoms with Gasteiger partial charge in [-0.2, -0.15) is 0 Å². The van der Waals surface area contributed by atoms with Gasteiger partial charge in [-0.3, -0.25) is 0 Å². The topological polar surface area (TPSA) is 51.1 Å². The summed E-state index contributed by atoms with van der Waals surface area (Å²) < 4.78 is 5.85. The SMILES string of the molecule is Cc1csc(-c2cccc(Sc3cnc(N4CCC5(CC4)CO[C@@H](C)C5)cn3)c2C)n1. The molecule has 2 aliphatic rings. The zero-order valence-corrected chi connectivity index (χ0v) is 19.9. The molecule has 3 aromatic rings. The van der Waals surface area contributed by atoms with Gasteiger partial charge in [0.15, 0.2) is 0 Å². The van der Waals surface area contributed by atoms with Gasteiger partial charge in [0.2, 0.25) is 0 Å². The minimum Gasteiger partial charge on any atom is -0.378 e. The van der Waals surface area contributed by atoms with Crippen LogP contribution in [0.1, 0.15) is 37.4 Å². The maximum absolute atomic E-state index is 5.85. The third-order valence-corrected chi connectivity index (χ3v) is 8.58. The average Bonchev–Trinajstić information content (AvgIpc) is 3.36. The number of hydrogen-bond donors (Lipinski definition) is 0. The van der Waals surface area contributed by atoms with Crippen LogP contribution in [0.2, 0.25) is 0 Å². The number of rotatable bonds is 4. The van der Waals surface area contributed by atoms with Gasteiger partial charge >= 0.3 is 0 Å².